The van der Waals surface area contributed by atoms with E-state index in [4.69, 9.17) is 9.84 Å². The van der Waals surface area contributed by atoms with E-state index < -0.39 is 16.0 Å². The number of nitrogens with zero attached hydrogens (tertiary/aromatic N) is 1. The number of aliphatic carboxylic acids is 1. The second-order valence-corrected chi connectivity index (χ2v) is 6.99. The van der Waals surface area contributed by atoms with Gasteiger partial charge in [-0.25, -0.2) is 18.1 Å². The van der Waals surface area contributed by atoms with Crippen molar-refractivity contribution in [1.82, 2.24) is 9.71 Å². The van der Waals surface area contributed by atoms with Gasteiger partial charge in [-0.2, -0.15) is 0 Å². The highest BCUT2D eigenvalue weighted by molar-refractivity contribution is 7.89. The van der Waals surface area contributed by atoms with Crippen molar-refractivity contribution in [3.8, 4) is 5.88 Å². The van der Waals surface area contributed by atoms with E-state index in [9.17, 15) is 13.2 Å². The van der Waals surface area contributed by atoms with Crippen LogP contribution in [0, 0.1) is 5.92 Å². The molecule has 2 rings (SSSR count). The van der Waals surface area contributed by atoms with Gasteiger partial charge in [0.05, 0.1) is 18.7 Å². The first-order chi connectivity index (χ1) is 10.4. The smallest absolute Gasteiger partial charge is 0.306 e. The number of aromatic nitrogens is 1. The molecule has 22 heavy (non-hydrogen) atoms. The van der Waals surface area contributed by atoms with Crippen LogP contribution < -0.4 is 9.46 Å². The SMILES string of the molecule is CCOc1ccc(S(=O)(=O)NC2CCC(C(=O)O)CC2)cn1. The number of nitrogens with one attached hydrogen (secondary N) is 1. The summed E-state index contributed by atoms with van der Waals surface area (Å²) < 4.78 is 32.4. The molecule has 1 heterocycles. The van der Waals surface area contributed by atoms with E-state index in [0.29, 0.717) is 38.2 Å². The predicted molar refractivity (Wildman–Crippen MR) is 79.1 cm³/mol. The van der Waals surface area contributed by atoms with E-state index >= 15 is 0 Å². The molecule has 1 saturated carbocycles. The Morgan fingerprint density at radius 2 is 2.05 bits per heavy atom. The van der Waals surface area contributed by atoms with Crippen LogP contribution in [-0.2, 0) is 14.8 Å². The van der Waals surface area contributed by atoms with Gasteiger partial charge < -0.3 is 9.84 Å². The number of ether oxygens (including phenoxy) is 1. The molecule has 0 amide bonds. The van der Waals surface area contributed by atoms with Crippen LogP contribution in [0.1, 0.15) is 32.6 Å². The molecule has 1 aromatic rings. The molecule has 7 nitrogen and oxygen atoms in total. The summed E-state index contributed by atoms with van der Waals surface area (Å²) in [4.78, 5) is 14.9. The van der Waals surface area contributed by atoms with E-state index in [2.05, 4.69) is 9.71 Å². The Morgan fingerprint density at radius 1 is 1.36 bits per heavy atom. The maximum Gasteiger partial charge on any atom is 0.306 e. The average molecular weight is 328 g/mol. The molecule has 0 spiro atoms. The van der Waals surface area contributed by atoms with Crippen molar-refractivity contribution in [3.05, 3.63) is 18.3 Å². The van der Waals surface area contributed by atoms with Gasteiger partial charge in [-0.05, 0) is 38.7 Å². The van der Waals surface area contributed by atoms with Crippen molar-refractivity contribution in [1.29, 1.82) is 0 Å². The zero-order valence-electron chi connectivity index (χ0n) is 12.4. The quantitative estimate of drug-likeness (QED) is 0.818. The number of hydrogen-bond donors (Lipinski definition) is 2. The largest absolute Gasteiger partial charge is 0.481 e. The third-order valence-corrected chi connectivity index (χ3v) is 5.22. The summed E-state index contributed by atoms with van der Waals surface area (Å²) in [5, 5.41) is 8.95. The molecule has 122 valence electrons. The van der Waals surface area contributed by atoms with Gasteiger partial charge in [0, 0.05) is 12.1 Å². The van der Waals surface area contributed by atoms with Gasteiger partial charge in [0.25, 0.3) is 0 Å². The molecule has 1 aliphatic carbocycles. The minimum atomic E-state index is -3.64. The van der Waals surface area contributed by atoms with E-state index in [1.807, 2.05) is 6.92 Å². The zero-order chi connectivity index (χ0) is 16.2. The lowest BCUT2D eigenvalue weighted by atomic mass is 9.87. The van der Waals surface area contributed by atoms with Crippen LogP contribution in [0.3, 0.4) is 0 Å². The normalized spacial score (nSPS) is 22.2. The summed E-state index contributed by atoms with van der Waals surface area (Å²) in [6.45, 7) is 2.28. The molecule has 1 aliphatic rings. The molecule has 2 N–H and O–H groups in total. The van der Waals surface area contributed by atoms with Crippen molar-refractivity contribution < 1.29 is 23.1 Å². The maximum atomic E-state index is 12.3. The monoisotopic (exact) mass is 328 g/mol. The third kappa shape index (κ3) is 4.17. The Labute approximate surface area is 129 Å². The molecule has 1 fully saturated rings. The van der Waals surface area contributed by atoms with Crippen LogP contribution in [0.25, 0.3) is 0 Å². The first-order valence-corrected chi connectivity index (χ1v) is 8.74. The molecular formula is C14H20N2O5S. The van der Waals surface area contributed by atoms with E-state index in [1.165, 1.54) is 18.3 Å². The Morgan fingerprint density at radius 3 is 2.55 bits per heavy atom. The lowest BCUT2D eigenvalue weighted by molar-refractivity contribution is -0.142. The summed E-state index contributed by atoms with van der Waals surface area (Å²) in [5.74, 6) is -0.798. The summed E-state index contributed by atoms with van der Waals surface area (Å²) in [5.41, 5.74) is 0. The highest BCUT2D eigenvalue weighted by atomic mass is 32.2. The summed E-state index contributed by atoms with van der Waals surface area (Å²) in [6.07, 6.45) is 3.30. The average Bonchev–Trinajstić information content (AvgIpc) is 2.48. The van der Waals surface area contributed by atoms with Gasteiger partial charge >= 0.3 is 5.97 Å². The summed E-state index contributed by atoms with van der Waals surface area (Å²) in [6, 6.07) is 2.73. The molecule has 0 saturated heterocycles. The van der Waals surface area contributed by atoms with Crippen molar-refractivity contribution in [2.75, 3.05) is 6.61 Å². The molecule has 0 radical (unpaired) electrons. The molecule has 0 unspecified atom stereocenters. The van der Waals surface area contributed by atoms with Gasteiger partial charge in [0.1, 0.15) is 4.90 Å². The first-order valence-electron chi connectivity index (χ1n) is 7.26. The van der Waals surface area contributed by atoms with Gasteiger partial charge in [-0.15, -0.1) is 0 Å². The second-order valence-electron chi connectivity index (χ2n) is 5.27. The number of carbonyl (C=O) groups is 1. The Balaban J connectivity index is 1.98. The maximum absolute atomic E-state index is 12.3. The highest BCUT2D eigenvalue weighted by Crippen LogP contribution is 2.25. The fourth-order valence-corrected chi connectivity index (χ4v) is 3.75. The molecule has 1 aromatic heterocycles. The van der Waals surface area contributed by atoms with Gasteiger partial charge in [0.15, 0.2) is 0 Å². The fraction of sp³-hybridized carbons (Fsp3) is 0.571. The molecule has 8 heteroatoms. The summed E-state index contributed by atoms with van der Waals surface area (Å²) in [7, 11) is -3.64. The van der Waals surface area contributed by atoms with Crippen molar-refractivity contribution in [2.45, 2.75) is 43.5 Å². The van der Waals surface area contributed by atoms with Gasteiger partial charge in [0.2, 0.25) is 15.9 Å². The van der Waals surface area contributed by atoms with Crippen LogP contribution >= 0.6 is 0 Å². The lowest BCUT2D eigenvalue weighted by Crippen LogP contribution is -2.38. The number of carboxylic acid groups (broad SMARTS) is 1. The minimum absolute atomic E-state index is 0.0799. The number of carboxylic acids is 1. The topological polar surface area (TPSA) is 106 Å². The molecule has 0 atom stereocenters. The third-order valence-electron chi connectivity index (χ3n) is 3.71. The molecule has 0 aliphatic heterocycles. The first kappa shape index (κ1) is 16.7. The van der Waals surface area contributed by atoms with Crippen LogP contribution in [0.4, 0.5) is 0 Å². The van der Waals surface area contributed by atoms with Crippen molar-refractivity contribution in [2.24, 2.45) is 5.92 Å². The molecular weight excluding hydrogens is 308 g/mol. The molecule has 0 aromatic carbocycles. The number of hydrogen-bond acceptors (Lipinski definition) is 5. The standard InChI is InChI=1S/C14H20N2O5S/c1-2-21-13-8-7-12(9-15-13)22(19,20)16-11-5-3-10(4-6-11)14(17)18/h7-11,16H,2-6H2,1H3,(H,17,18). The zero-order valence-corrected chi connectivity index (χ0v) is 13.2. The second kappa shape index (κ2) is 7.06. The van der Waals surface area contributed by atoms with Gasteiger partial charge in [-0.3, -0.25) is 4.79 Å². The van der Waals surface area contributed by atoms with Gasteiger partial charge in [-0.1, -0.05) is 0 Å². The number of pyridine rings is 1. The van der Waals surface area contributed by atoms with Crippen molar-refractivity contribution in [3.63, 3.8) is 0 Å². The van der Waals surface area contributed by atoms with E-state index in [0.717, 1.165) is 0 Å². The van der Waals surface area contributed by atoms with E-state index in [-0.39, 0.29) is 16.9 Å². The highest BCUT2D eigenvalue weighted by Gasteiger charge is 2.28. The Kier molecular flexibility index (Phi) is 5.36. The van der Waals surface area contributed by atoms with Crippen LogP contribution in [0.2, 0.25) is 0 Å². The van der Waals surface area contributed by atoms with E-state index in [1.54, 1.807) is 0 Å². The Hall–Kier alpha value is -1.67. The number of rotatable bonds is 6. The van der Waals surface area contributed by atoms with Crippen molar-refractivity contribution >= 4 is 16.0 Å². The lowest BCUT2D eigenvalue weighted by Gasteiger charge is -2.26. The number of sulfonamides is 1. The Bertz CT molecular complexity index is 607. The predicted octanol–water partition coefficient (Wildman–Crippen LogP) is 1.40. The van der Waals surface area contributed by atoms with Crippen LogP contribution in [-0.4, -0.2) is 37.1 Å². The van der Waals surface area contributed by atoms with Crippen LogP contribution in [0.5, 0.6) is 5.88 Å². The fourth-order valence-electron chi connectivity index (χ4n) is 2.50. The van der Waals surface area contributed by atoms with Crippen LogP contribution in [0.15, 0.2) is 23.2 Å². The summed E-state index contributed by atoms with van der Waals surface area (Å²) >= 11 is 0. The molecule has 0 bridgehead atoms. The minimum Gasteiger partial charge on any atom is -0.481 e.